The first-order valence-corrected chi connectivity index (χ1v) is 6.02. The third-order valence-electron chi connectivity index (χ3n) is 2.22. The summed E-state index contributed by atoms with van der Waals surface area (Å²) in [7, 11) is 0. The summed E-state index contributed by atoms with van der Waals surface area (Å²) < 4.78 is 6.37. The summed E-state index contributed by atoms with van der Waals surface area (Å²) in [6, 6.07) is 8.07. The van der Waals surface area contributed by atoms with Crippen LogP contribution in [0, 0.1) is 0 Å². The second-order valence-corrected chi connectivity index (χ2v) is 4.53. The van der Waals surface area contributed by atoms with Crippen LogP contribution in [0.5, 0.6) is 0 Å². The molecule has 0 aliphatic carbocycles. The van der Waals surface area contributed by atoms with Crippen molar-refractivity contribution >= 4 is 21.9 Å². The van der Waals surface area contributed by atoms with Gasteiger partial charge >= 0.3 is 6.01 Å². The van der Waals surface area contributed by atoms with Crippen molar-refractivity contribution in [3.8, 4) is 0 Å². The van der Waals surface area contributed by atoms with Crippen LogP contribution >= 0.6 is 15.9 Å². The van der Waals surface area contributed by atoms with Gasteiger partial charge in [0.1, 0.15) is 0 Å². The van der Waals surface area contributed by atoms with Crippen LogP contribution in [0.4, 0.5) is 6.01 Å². The zero-order chi connectivity index (χ0) is 12.3. The highest BCUT2D eigenvalue weighted by atomic mass is 79.9. The molecule has 0 saturated heterocycles. The predicted molar refractivity (Wildman–Crippen MR) is 68.4 cm³/mol. The van der Waals surface area contributed by atoms with Gasteiger partial charge in [-0.2, -0.15) is 0 Å². The van der Waals surface area contributed by atoms with Crippen molar-refractivity contribution in [2.75, 3.05) is 5.32 Å². The number of aromatic nitrogens is 2. The first kappa shape index (κ1) is 12.1. The van der Waals surface area contributed by atoms with Gasteiger partial charge in [-0.05, 0) is 18.6 Å². The molecule has 1 unspecified atom stereocenters. The fraction of sp³-hybridized carbons (Fsp3) is 0.273. The number of nitrogens with one attached hydrogen (secondary N) is 1. The van der Waals surface area contributed by atoms with E-state index in [0.717, 1.165) is 10.0 Å². The first-order valence-electron chi connectivity index (χ1n) is 5.23. The molecular formula is C11H13BrN4O. The van der Waals surface area contributed by atoms with Crippen molar-refractivity contribution in [2.45, 2.75) is 19.5 Å². The Morgan fingerprint density at radius 1 is 1.41 bits per heavy atom. The lowest BCUT2D eigenvalue weighted by Crippen LogP contribution is -2.04. The summed E-state index contributed by atoms with van der Waals surface area (Å²) in [6.45, 7) is 2.41. The highest BCUT2D eigenvalue weighted by molar-refractivity contribution is 9.10. The molecule has 5 nitrogen and oxygen atoms in total. The van der Waals surface area contributed by atoms with E-state index in [1.54, 1.807) is 6.92 Å². The highest BCUT2D eigenvalue weighted by Gasteiger charge is 2.09. The van der Waals surface area contributed by atoms with E-state index in [1.165, 1.54) is 0 Å². The third-order valence-corrected chi connectivity index (χ3v) is 2.99. The number of halogens is 1. The van der Waals surface area contributed by atoms with E-state index in [-0.39, 0.29) is 6.04 Å². The van der Waals surface area contributed by atoms with Crippen LogP contribution in [0.3, 0.4) is 0 Å². The molecule has 1 heterocycles. The first-order chi connectivity index (χ1) is 8.16. The number of hydrogen-bond acceptors (Lipinski definition) is 5. The second-order valence-electron chi connectivity index (χ2n) is 3.68. The molecule has 0 aliphatic rings. The minimum Gasteiger partial charge on any atom is -0.406 e. The van der Waals surface area contributed by atoms with Crippen LogP contribution in [0.2, 0.25) is 0 Å². The Bertz CT molecular complexity index is 498. The lowest BCUT2D eigenvalue weighted by molar-refractivity contribution is 0.472. The Hall–Kier alpha value is -1.40. The lowest BCUT2D eigenvalue weighted by Gasteiger charge is -2.03. The molecule has 1 atom stereocenters. The van der Waals surface area contributed by atoms with Gasteiger partial charge in [-0.3, -0.25) is 0 Å². The molecule has 0 fully saturated rings. The standard InChI is InChI=1S/C11H13BrN4O/c1-7(13)10-15-16-11(17-10)14-6-8-4-2-3-5-9(8)12/h2-5,7H,6,13H2,1H3,(H,14,16). The minimum atomic E-state index is -0.249. The van der Waals surface area contributed by atoms with Crippen molar-refractivity contribution in [3.05, 3.63) is 40.2 Å². The van der Waals surface area contributed by atoms with Gasteiger partial charge in [-0.1, -0.05) is 39.2 Å². The molecule has 2 aromatic rings. The maximum atomic E-state index is 5.63. The molecule has 1 aromatic heterocycles. The maximum Gasteiger partial charge on any atom is 0.315 e. The number of nitrogens with two attached hydrogens (primary N) is 1. The van der Waals surface area contributed by atoms with Gasteiger partial charge < -0.3 is 15.5 Å². The number of hydrogen-bond donors (Lipinski definition) is 2. The van der Waals surface area contributed by atoms with Crippen molar-refractivity contribution < 1.29 is 4.42 Å². The highest BCUT2D eigenvalue weighted by Crippen LogP contribution is 2.18. The Balaban J connectivity index is 2.00. The predicted octanol–water partition coefficient (Wildman–Crippen LogP) is 2.46. The molecule has 0 aliphatic heterocycles. The zero-order valence-corrected chi connectivity index (χ0v) is 10.9. The van der Waals surface area contributed by atoms with E-state index in [1.807, 2.05) is 24.3 Å². The Morgan fingerprint density at radius 3 is 2.82 bits per heavy atom. The lowest BCUT2D eigenvalue weighted by atomic mass is 10.2. The number of nitrogens with zero attached hydrogens (tertiary/aromatic N) is 2. The van der Waals surface area contributed by atoms with Crippen LogP contribution in [0.25, 0.3) is 0 Å². The Labute approximate surface area is 108 Å². The van der Waals surface area contributed by atoms with Crippen LogP contribution in [0.15, 0.2) is 33.2 Å². The average Bonchev–Trinajstić information content (AvgIpc) is 2.77. The molecule has 90 valence electrons. The van der Waals surface area contributed by atoms with Crippen LogP contribution < -0.4 is 11.1 Å². The number of anilines is 1. The smallest absolute Gasteiger partial charge is 0.315 e. The molecule has 2 rings (SSSR count). The number of benzene rings is 1. The van der Waals surface area contributed by atoms with Gasteiger partial charge in [0.2, 0.25) is 5.89 Å². The topological polar surface area (TPSA) is 77.0 Å². The van der Waals surface area contributed by atoms with E-state index in [9.17, 15) is 0 Å². The largest absolute Gasteiger partial charge is 0.406 e. The van der Waals surface area contributed by atoms with Gasteiger partial charge in [0.15, 0.2) is 0 Å². The SMILES string of the molecule is CC(N)c1nnc(NCc2ccccc2Br)o1. The molecule has 0 spiro atoms. The fourth-order valence-corrected chi connectivity index (χ4v) is 1.73. The zero-order valence-electron chi connectivity index (χ0n) is 9.35. The van der Waals surface area contributed by atoms with E-state index in [4.69, 9.17) is 10.2 Å². The normalized spacial score (nSPS) is 12.4. The maximum absolute atomic E-state index is 5.63. The quantitative estimate of drug-likeness (QED) is 0.906. The Morgan fingerprint density at radius 2 is 2.18 bits per heavy atom. The van der Waals surface area contributed by atoms with Crippen molar-refractivity contribution in [2.24, 2.45) is 5.73 Å². The van der Waals surface area contributed by atoms with E-state index < -0.39 is 0 Å². The summed E-state index contributed by atoms with van der Waals surface area (Å²) in [5, 5.41) is 10.7. The monoisotopic (exact) mass is 296 g/mol. The van der Waals surface area contributed by atoms with Crippen LogP contribution in [0.1, 0.15) is 24.4 Å². The fourth-order valence-electron chi connectivity index (χ4n) is 1.30. The molecule has 6 heteroatoms. The van der Waals surface area contributed by atoms with Gasteiger partial charge in [0.05, 0.1) is 6.04 Å². The summed E-state index contributed by atoms with van der Waals surface area (Å²) in [5.74, 6) is 0.430. The third kappa shape index (κ3) is 3.04. The molecule has 17 heavy (non-hydrogen) atoms. The summed E-state index contributed by atoms with van der Waals surface area (Å²) in [6.07, 6.45) is 0. The van der Waals surface area contributed by atoms with Crippen molar-refractivity contribution in [1.29, 1.82) is 0 Å². The van der Waals surface area contributed by atoms with Crippen LogP contribution in [-0.4, -0.2) is 10.2 Å². The molecule has 0 amide bonds. The van der Waals surface area contributed by atoms with Crippen LogP contribution in [-0.2, 0) is 6.54 Å². The molecule has 0 bridgehead atoms. The second kappa shape index (κ2) is 5.29. The molecule has 0 saturated carbocycles. The number of rotatable bonds is 4. The van der Waals surface area contributed by atoms with E-state index >= 15 is 0 Å². The molecule has 1 aromatic carbocycles. The summed E-state index contributed by atoms with van der Waals surface area (Å²) >= 11 is 3.47. The van der Waals surface area contributed by atoms with Gasteiger partial charge in [0.25, 0.3) is 0 Å². The molecular weight excluding hydrogens is 284 g/mol. The summed E-state index contributed by atoms with van der Waals surface area (Å²) in [5.41, 5.74) is 6.75. The van der Waals surface area contributed by atoms with Gasteiger partial charge in [0, 0.05) is 11.0 Å². The van der Waals surface area contributed by atoms with Crippen molar-refractivity contribution in [1.82, 2.24) is 10.2 Å². The summed E-state index contributed by atoms with van der Waals surface area (Å²) in [4.78, 5) is 0. The van der Waals surface area contributed by atoms with Gasteiger partial charge in [-0.25, -0.2) is 0 Å². The minimum absolute atomic E-state index is 0.249. The van der Waals surface area contributed by atoms with E-state index in [2.05, 4.69) is 31.4 Å². The molecule has 3 N–H and O–H groups in total. The van der Waals surface area contributed by atoms with E-state index in [0.29, 0.717) is 18.5 Å². The molecule has 0 radical (unpaired) electrons. The van der Waals surface area contributed by atoms with Gasteiger partial charge in [-0.15, -0.1) is 5.10 Å². The Kier molecular flexibility index (Phi) is 3.75. The van der Waals surface area contributed by atoms with Crippen molar-refractivity contribution in [3.63, 3.8) is 0 Å². The average molecular weight is 297 g/mol.